The number of carbonyl (C=O) groups excluding carboxylic acids is 1. The van der Waals surface area contributed by atoms with Gasteiger partial charge in [-0.05, 0) is 26.0 Å². The average molecular weight is 226 g/mol. The van der Waals surface area contributed by atoms with Crippen LogP contribution >= 0.6 is 0 Å². The SMILES string of the molecule is CC1(C)Nc2ccccc2N(C(F)F)C1=O. The monoisotopic (exact) mass is 226 g/mol. The first-order chi connectivity index (χ1) is 7.43. The second-order valence-electron chi connectivity index (χ2n) is 4.22. The lowest BCUT2D eigenvalue weighted by Crippen LogP contribution is -2.55. The van der Waals surface area contributed by atoms with Crippen LogP contribution in [0.2, 0.25) is 0 Å². The molecular weight excluding hydrogens is 214 g/mol. The second-order valence-corrected chi connectivity index (χ2v) is 4.22. The molecule has 86 valence electrons. The van der Waals surface area contributed by atoms with Gasteiger partial charge in [0.25, 0.3) is 5.91 Å². The van der Waals surface area contributed by atoms with Crippen molar-refractivity contribution in [3.63, 3.8) is 0 Å². The molecule has 0 aromatic heterocycles. The Morgan fingerprint density at radius 3 is 2.56 bits per heavy atom. The van der Waals surface area contributed by atoms with Crippen molar-refractivity contribution in [1.82, 2.24) is 0 Å². The molecule has 1 aromatic rings. The lowest BCUT2D eigenvalue weighted by molar-refractivity contribution is -0.124. The minimum atomic E-state index is -2.82. The van der Waals surface area contributed by atoms with Gasteiger partial charge in [-0.15, -0.1) is 0 Å². The van der Waals surface area contributed by atoms with Gasteiger partial charge in [0.1, 0.15) is 5.54 Å². The van der Waals surface area contributed by atoms with Gasteiger partial charge in [-0.25, -0.2) is 0 Å². The first kappa shape index (κ1) is 10.9. The van der Waals surface area contributed by atoms with Gasteiger partial charge in [-0.3, -0.25) is 9.69 Å². The third-order valence-electron chi connectivity index (χ3n) is 2.56. The highest BCUT2D eigenvalue weighted by molar-refractivity contribution is 6.07. The van der Waals surface area contributed by atoms with Crippen LogP contribution in [0, 0.1) is 0 Å². The van der Waals surface area contributed by atoms with Crippen LogP contribution in [-0.2, 0) is 4.79 Å². The highest BCUT2D eigenvalue weighted by Crippen LogP contribution is 2.36. The van der Waals surface area contributed by atoms with Crippen molar-refractivity contribution in [1.29, 1.82) is 0 Å². The third kappa shape index (κ3) is 1.52. The predicted molar refractivity (Wildman–Crippen MR) is 57.6 cm³/mol. The van der Waals surface area contributed by atoms with Crippen LogP contribution in [0.5, 0.6) is 0 Å². The number of amides is 1. The Morgan fingerprint density at radius 2 is 1.94 bits per heavy atom. The Balaban J connectivity index is 2.56. The molecular formula is C11H12F2N2O. The van der Waals surface area contributed by atoms with Gasteiger partial charge in [-0.2, -0.15) is 8.78 Å². The van der Waals surface area contributed by atoms with E-state index in [1.165, 1.54) is 6.07 Å². The highest BCUT2D eigenvalue weighted by Gasteiger charge is 2.41. The number of para-hydroxylation sites is 2. The molecule has 1 aromatic carbocycles. The molecule has 0 fully saturated rings. The van der Waals surface area contributed by atoms with Crippen molar-refractivity contribution < 1.29 is 13.6 Å². The normalized spacial score (nSPS) is 18.3. The first-order valence-corrected chi connectivity index (χ1v) is 4.92. The molecule has 1 amide bonds. The number of hydrogen-bond acceptors (Lipinski definition) is 2. The summed E-state index contributed by atoms with van der Waals surface area (Å²) in [5.74, 6) is -0.624. The van der Waals surface area contributed by atoms with E-state index in [2.05, 4.69) is 5.32 Å². The third-order valence-corrected chi connectivity index (χ3v) is 2.56. The first-order valence-electron chi connectivity index (χ1n) is 4.92. The number of anilines is 2. The number of halogens is 2. The van der Waals surface area contributed by atoms with Gasteiger partial charge >= 0.3 is 6.55 Å². The van der Waals surface area contributed by atoms with Gasteiger partial charge in [0.15, 0.2) is 0 Å². The molecule has 1 aliphatic rings. The topological polar surface area (TPSA) is 32.3 Å². The van der Waals surface area contributed by atoms with Crippen molar-refractivity contribution >= 4 is 17.3 Å². The summed E-state index contributed by atoms with van der Waals surface area (Å²) in [7, 11) is 0. The maximum Gasteiger partial charge on any atom is 0.321 e. The minimum Gasteiger partial charge on any atom is -0.370 e. The molecule has 3 nitrogen and oxygen atoms in total. The van der Waals surface area contributed by atoms with Crippen LogP contribution in [-0.4, -0.2) is 18.0 Å². The molecule has 2 rings (SSSR count). The molecule has 0 radical (unpaired) electrons. The van der Waals surface area contributed by atoms with Crippen LogP contribution in [0.15, 0.2) is 24.3 Å². The van der Waals surface area contributed by atoms with Crippen molar-refractivity contribution in [2.45, 2.75) is 25.9 Å². The summed E-state index contributed by atoms with van der Waals surface area (Å²) in [5, 5.41) is 2.95. The zero-order valence-electron chi connectivity index (χ0n) is 9.00. The number of nitrogens with one attached hydrogen (secondary N) is 1. The van der Waals surface area contributed by atoms with E-state index >= 15 is 0 Å². The standard InChI is InChI=1S/C11H12F2N2O/c1-11(2)9(16)15(10(12)13)8-6-4-3-5-7(8)14-11/h3-6,10,14H,1-2H3. The Hall–Kier alpha value is -1.65. The van der Waals surface area contributed by atoms with E-state index in [9.17, 15) is 13.6 Å². The summed E-state index contributed by atoms with van der Waals surface area (Å²) < 4.78 is 25.7. The molecule has 1 heterocycles. The Morgan fingerprint density at radius 1 is 1.31 bits per heavy atom. The van der Waals surface area contributed by atoms with Crippen LogP contribution in [0.4, 0.5) is 20.2 Å². The van der Waals surface area contributed by atoms with E-state index in [-0.39, 0.29) is 5.69 Å². The Bertz CT molecular complexity index is 432. The smallest absolute Gasteiger partial charge is 0.321 e. The fraction of sp³-hybridized carbons (Fsp3) is 0.364. The lowest BCUT2D eigenvalue weighted by Gasteiger charge is -2.39. The summed E-state index contributed by atoms with van der Waals surface area (Å²) in [6.07, 6.45) is 0. The molecule has 0 aliphatic carbocycles. The predicted octanol–water partition coefficient (Wildman–Crippen LogP) is 2.45. The van der Waals surface area contributed by atoms with Gasteiger partial charge in [0, 0.05) is 0 Å². The molecule has 5 heteroatoms. The number of fused-ring (bicyclic) bond motifs is 1. The number of nitrogens with zero attached hydrogens (tertiary/aromatic N) is 1. The zero-order chi connectivity index (χ0) is 11.9. The van der Waals surface area contributed by atoms with Crippen molar-refractivity contribution in [2.75, 3.05) is 10.2 Å². The summed E-state index contributed by atoms with van der Waals surface area (Å²) in [4.78, 5) is 12.4. The van der Waals surface area contributed by atoms with E-state index in [1.807, 2.05) is 0 Å². The van der Waals surface area contributed by atoms with Gasteiger partial charge < -0.3 is 5.32 Å². The van der Waals surface area contributed by atoms with Crippen LogP contribution in [0.25, 0.3) is 0 Å². The van der Waals surface area contributed by atoms with E-state index in [4.69, 9.17) is 0 Å². The van der Waals surface area contributed by atoms with Crippen LogP contribution in [0.1, 0.15) is 13.8 Å². The zero-order valence-corrected chi connectivity index (χ0v) is 9.00. The van der Waals surface area contributed by atoms with E-state index in [0.717, 1.165) is 0 Å². The molecule has 1 aliphatic heterocycles. The summed E-state index contributed by atoms with van der Waals surface area (Å²) >= 11 is 0. The summed E-state index contributed by atoms with van der Waals surface area (Å²) in [5.41, 5.74) is -0.237. The Kier molecular flexibility index (Phi) is 2.33. The quantitative estimate of drug-likeness (QED) is 0.746. The van der Waals surface area contributed by atoms with Crippen molar-refractivity contribution in [3.8, 4) is 0 Å². The summed E-state index contributed by atoms with van der Waals surface area (Å²) in [6.45, 7) is 0.344. The summed E-state index contributed by atoms with van der Waals surface area (Å²) in [6, 6.07) is 6.55. The number of carbonyl (C=O) groups is 1. The Labute approximate surface area is 92.1 Å². The fourth-order valence-corrected chi connectivity index (χ4v) is 1.78. The largest absolute Gasteiger partial charge is 0.370 e. The molecule has 0 saturated carbocycles. The molecule has 0 saturated heterocycles. The second kappa shape index (κ2) is 3.43. The lowest BCUT2D eigenvalue weighted by atomic mass is 9.98. The average Bonchev–Trinajstić information content (AvgIpc) is 2.18. The number of hydrogen-bond donors (Lipinski definition) is 1. The van der Waals surface area contributed by atoms with E-state index < -0.39 is 18.0 Å². The molecule has 16 heavy (non-hydrogen) atoms. The molecule has 0 bridgehead atoms. The molecule has 1 N–H and O–H groups in total. The maximum atomic E-state index is 12.9. The number of rotatable bonds is 1. The van der Waals surface area contributed by atoms with E-state index in [1.54, 1.807) is 32.0 Å². The maximum absolute atomic E-state index is 12.9. The molecule has 0 spiro atoms. The molecule has 0 atom stereocenters. The van der Waals surface area contributed by atoms with Gasteiger partial charge in [-0.1, -0.05) is 12.1 Å². The number of alkyl halides is 2. The van der Waals surface area contributed by atoms with Crippen LogP contribution < -0.4 is 10.2 Å². The van der Waals surface area contributed by atoms with Crippen LogP contribution in [0.3, 0.4) is 0 Å². The minimum absolute atomic E-state index is 0.224. The van der Waals surface area contributed by atoms with Gasteiger partial charge in [0.2, 0.25) is 0 Å². The van der Waals surface area contributed by atoms with Crippen molar-refractivity contribution in [3.05, 3.63) is 24.3 Å². The molecule has 0 unspecified atom stereocenters. The highest BCUT2D eigenvalue weighted by atomic mass is 19.3. The fourth-order valence-electron chi connectivity index (χ4n) is 1.78. The van der Waals surface area contributed by atoms with Gasteiger partial charge in [0.05, 0.1) is 11.4 Å². The van der Waals surface area contributed by atoms with Crippen molar-refractivity contribution in [2.24, 2.45) is 0 Å². The number of benzene rings is 1. The van der Waals surface area contributed by atoms with E-state index in [0.29, 0.717) is 10.6 Å².